The monoisotopic (exact) mass is 520 g/mol. The van der Waals surface area contributed by atoms with Crippen LogP contribution in [-0.2, 0) is 20.6 Å². The summed E-state index contributed by atoms with van der Waals surface area (Å²) in [6.45, 7) is 1.95. The Labute approximate surface area is 209 Å². The normalized spacial score (nSPS) is 11.3. The number of nitrogens with one attached hydrogen (secondary N) is 1. The van der Waals surface area contributed by atoms with E-state index in [1.165, 1.54) is 24.3 Å². The summed E-state index contributed by atoms with van der Waals surface area (Å²) < 4.78 is 40.7. The van der Waals surface area contributed by atoms with Crippen LogP contribution in [0.5, 0.6) is 0 Å². The number of rotatable bonds is 11. The molecule has 0 fully saturated rings. The van der Waals surface area contributed by atoms with Crippen molar-refractivity contribution in [2.75, 3.05) is 23.1 Å². The summed E-state index contributed by atoms with van der Waals surface area (Å²) in [5.41, 5.74) is 2.33. The first-order valence-corrected chi connectivity index (χ1v) is 13.7. The Hall–Kier alpha value is -2.55. The van der Waals surface area contributed by atoms with E-state index in [2.05, 4.69) is 5.32 Å². The number of anilines is 1. The first kappa shape index (κ1) is 26.1. The molecule has 0 unspecified atom stereocenters. The number of hydrogen-bond donors (Lipinski definition) is 1. The molecule has 3 aromatic carbocycles. The van der Waals surface area contributed by atoms with Gasteiger partial charge in [0, 0.05) is 17.3 Å². The molecule has 0 radical (unpaired) electrons. The van der Waals surface area contributed by atoms with E-state index < -0.39 is 15.9 Å². The van der Waals surface area contributed by atoms with Crippen molar-refractivity contribution in [2.24, 2.45) is 0 Å². The highest BCUT2D eigenvalue weighted by molar-refractivity contribution is 7.98. The number of thioether (sulfide) groups is 1. The summed E-state index contributed by atoms with van der Waals surface area (Å²) in [5.74, 6) is 0.913. The quantitative estimate of drug-likeness (QED) is 0.343. The standard InChI is InChI=1S/C25H26ClFN2O3S2/c1-19-3-13-24(14-4-19)34(31,32)29(23-11-7-21(26)8-12-23)17-25(30)28-15-2-16-33-18-20-5-9-22(27)10-6-20/h3-14H,2,15-18H2,1H3,(H,28,30). The predicted molar refractivity (Wildman–Crippen MR) is 137 cm³/mol. The zero-order chi connectivity index (χ0) is 24.6. The molecular weight excluding hydrogens is 495 g/mol. The van der Waals surface area contributed by atoms with Crippen LogP contribution >= 0.6 is 23.4 Å². The summed E-state index contributed by atoms with van der Waals surface area (Å²) in [4.78, 5) is 12.7. The maximum absolute atomic E-state index is 13.3. The molecule has 0 aliphatic carbocycles. The van der Waals surface area contributed by atoms with Gasteiger partial charge in [0.1, 0.15) is 12.4 Å². The van der Waals surface area contributed by atoms with E-state index in [9.17, 15) is 17.6 Å². The first-order valence-electron chi connectivity index (χ1n) is 10.7. The molecule has 1 N–H and O–H groups in total. The van der Waals surface area contributed by atoms with Gasteiger partial charge in [0.05, 0.1) is 10.6 Å². The number of sulfonamides is 1. The third-order valence-corrected chi connectivity index (χ3v) is 8.14. The van der Waals surface area contributed by atoms with Gasteiger partial charge in [0.15, 0.2) is 0 Å². The van der Waals surface area contributed by atoms with Crippen molar-refractivity contribution in [3.05, 3.63) is 94.8 Å². The van der Waals surface area contributed by atoms with Gasteiger partial charge >= 0.3 is 0 Å². The third-order valence-electron chi connectivity index (χ3n) is 4.98. The molecule has 5 nitrogen and oxygen atoms in total. The number of amides is 1. The van der Waals surface area contributed by atoms with Crippen LogP contribution in [0.15, 0.2) is 77.7 Å². The van der Waals surface area contributed by atoms with Crippen molar-refractivity contribution < 1.29 is 17.6 Å². The van der Waals surface area contributed by atoms with Gasteiger partial charge in [0.25, 0.3) is 10.0 Å². The molecule has 0 bridgehead atoms. The fraction of sp³-hybridized carbons (Fsp3) is 0.240. The van der Waals surface area contributed by atoms with Crippen molar-refractivity contribution in [3.63, 3.8) is 0 Å². The molecule has 0 atom stereocenters. The number of carbonyl (C=O) groups excluding carboxylic acids is 1. The average Bonchev–Trinajstić information content (AvgIpc) is 2.82. The third kappa shape index (κ3) is 7.48. The van der Waals surface area contributed by atoms with Crippen molar-refractivity contribution in [2.45, 2.75) is 24.0 Å². The Balaban J connectivity index is 1.57. The second-order valence-corrected chi connectivity index (χ2v) is 11.1. The first-order chi connectivity index (χ1) is 16.3. The molecular formula is C25H26ClFN2O3S2. The number of benzene rings is 3. The minimum Gasteiger partial charge on any atom is -0.354 e. The molecule has 0 aliphatic heterocycles. The molecule has 0 aliphatic rings. The van der Waals surface area contributed by atoms with Crippen molar-refractivity contribution >= 4 is 45.0 Å². The summed E-state index contributed by atoms with van der Waals surface area (Å²) in [6.07, 6.45) is 0.725. The van der Waals surface area contributed by atoms with Gasteiger partial charge in [0.2, 0.25) is 5.91 Å². The van der Waals surface area contributed by atoms with Crippen molar-refractivity contribution in [1.29, 1.82) is 0 Å². The topological polar surface area (TPSA) is 66.5 Å². The maximum Gasteiger partial charge on any atom is 0.264 e. The zero-order valence-corrected chi connectivity index (χ0v) is 21.1. The van der Waals surface area contributed by atoms with E-state index in [4.69, 9.17) is 11.6 Å². The van der Waals surface area contributed by atoms with Gasteiger partial charge < -0.3 is 5.32 Å². The molecule has 3 aromatic rings. The van der Waals surface area contributed by atoms with Crippen LogP contribution in [0, 0.1) is 12.7 Å². The summed E-state index contributed by atoms with van der Waals surface area (Å²) >= 11 is 7.65. The largest absolute Gasteiger partial charge is 0.354 e. The van der Waals surface area contributed by atoms with E-state index >= 15 is 0 Å². The Bertz CT molecular complexity index is 1190. The summed E-state index contributed by atoms with van der Waals surface area (Å²) in [6, 6.07) is 19.2. The number of halogens is 2. The van der Waals surface area contributed by atoms with Crippen LogP contribution in [-0.4, -0.2) is 33.2 Å². The lowest BCUT2D eigenvalue weighted by molar-refractivity contribution is -0.119. The van der Waals surface area contributed by atoms with Crippen molar-refractivity contribution in [3.8, 4) is 0 Å². The fourth-order valence-corrected chi connectivity index (χ4v) is 5.59. The number of nitrogens with zero attached hydrogens (tertiary/aromatic N) is 1. The van der Waals surface area contributed by atoms with Crippen LogP contribution in [0.3, 0.4) is 0 Å². The van der Waals surface area contributed by atoms with Gasteiger partial charge in [-0.1, -0.05) is 41.4 Å². The highest BCUT2D eigenvalue weighted by Crippen LogP contribution is 2.25. The predicted octanol–water partition coefficient (Wildman–Crippen LogP) is 5.42. The molecule has 0 saturated carbocycles. The van der Waals surface area contributed by atoms with E-state index in [0.717, 1.165) is 33.4 Å². The highest BCUT2D eigenvalue weighted by Gasteiger charge is 2.27. The SMILES string of the molecule is Cc1ccc(S(=O)(=O)N(CC(=O)NCCCSCc2ccc(F)cc2)c2ccc(Cl)cc2)cc1. The van der Waals surface area contributed by atoms with Gasteiger partial charge in [-0.05, 0) is 73.2 Å². The van der Waals surface area contributed by atoms with Crippen LogP contribution in [0.4, 0.5) is 10.1 Å². The number of aryl methyl sites for hydroxylation is 1. The van der Waals surface area contributed by atoms with Crippen LogP contribution in [0.2, 0.25) is 5.02 Å². The van der Waals surface area contributed by atoms with Gasteiger partial charge in [-0.25, -0.2) is 12.8 Å². The molecule has 0 aromatic heterocycles. The molecule has 1 amide bonds. The molecule has 0 heterocycles. The second kappa shape index (κ2) is 12.2. The Morgan fingerprint density at radius 1 is 1.00 bits per heavy atom. The minimum absolute atomic E-state index is 0.109. The maximum atomic E-state index is 13.3. The van der Waals surface area contributed by atoms with Gasteiger partial charge in [-0.3, -0.25) is 9.10 Å². The van der Waals surface area contributed by atoms with Crippen LogP contribution < -0.4 is 9.62 Å². The van der Waals surface area contributed by atoms with Crippen LogP contribution in [0.25, 0.3) is 0 Å². The minimum atomic E-state index is -3.95. The number of hydrogen-bond acceptors (Lipinski definition) is 4. The Morgan fingerprint density at radius 3 is 2.29 bits per heavy atom. The average molecular weight is 521 g/mol. The summed E-state index contributed by atoms with van der Waals surface area (Å²) in [5, 5.41) is 3.27. The van der Waals surface area contributed by atoms with E-state index in [-0.39, 0.29) is 17.3 Å². The summed E-state index contributed by atoms with van der Waals surface area (Å²) in [7, 11) is -3.95. The van der Waals surface area contributed by atoms with E-state index in [0.29, 0.717) is 17.3 Å². The molecule has 0 spiro atoms. The van der Waals surface area contributed by atoms with Crippen molar-refractivity contribution in [1.82, 2.24) is 5.32 Å². The Kier molecular flexibility index (Phi) is 9.38. The van der Waals surface area contributed by atoms with E-state index in [1.54, 1.807) is 60.3 Å². The Morgan fingerprint density at radius 2 is 1.65 bits per heavy atom. The molecule has 180 valence electrons. The van der Waals surface area contributed by atoms with Crippen LogP contribution in [0.1, 0.15) is 17.5 Å². The second-order valence-electron chi connectivity index (χ2n) is 7.68. The molecule has 0 saturated heterocycles. The number of carbonyl (C=O) groups is 1. The molecule has 34 heavy (non-hydrogen) atoms. The molecule has 9 heteroatoms. The van der Waals surface area contributed by atoms with Gasteiger partial charge in [-0.2, -0.15) is 11.8 Å². The lowest BCUT2D eigenvalue weighted by Gasteiger charge is -2.24. The molecule has 3 rings (SSSR count). The smallest absolute Gasteiger partial charge is 0.264 e. The van der Waals surface area contributed by atoms with Gasteiger partial charge in [-0.15, -0.1) is 0 Å². The van der Waals surface area contributed by atoms with E-state index in [1.807, 2.05) is 6.92 Å². The fourth-order valence-electron chi connectivity index (χ4n) is 3.12. The lowest BCUT2D eigenvalue weighted by atomic mass is 10.2. The highest BCUT2D eigenvalue weighted by atomic mass is 35.5. The lowest BCUT2D eigenvalue weighted by Crippen LogP contribution is -2.41. The zero-order valence-electron chi connectivity index (χ0n) is 18.7.